The molecule has 1 aliphatic rings. The van der Waals surface area contributed by atoms with E-state index in [1.165, 1.54) is 0 Å². The van der Waals surface area contributed by atoms with Crippen molar-refractivity contribution in [3.63, 3.8) is 0 Å². The number of aromatic nitrogens is 1. The molecule has 5 nitrogen and oxygen atoms in total. The van der Waals surface area contributed by atoms with Gasteiger partial charge in [-0.25, -0.2) is 4.98 Å². The molecular formula is C15H12BrN3O2. The zero-order chi connectivity index (χ0) is 14.8. The van der Waals surface area contributed by atoms with E-state index in [0.29, 0.717) is 11.4 Å². The maximum Gasteiger partial charge on any atom is 0.259 e. The van der Waals surface area contributed by atoms with Crippen LogP contribution in [0.3, 0.4) is 0 Å². The van der Waals surface area contributed by atoms with E-state index in [-0.39, 0.29) is 12.5 Å². The predicted molar refractivity (Wildman–Crippen MR) is 84.5 cm³/mol. The quantitative estimate of drug-likeness (QED) is 0.747. The smallest absolute Gasteiger partial charge is 0.259 e. The summed E-state index contributed by atoms with van der Waals surface area (Å²) < 4.78 is 0.811. The first kappa shape index (κ1) is 13.8. The number of benzene rings is 1. The zero-order valence-electron chi connectivity index (χ0n) is 10.9. The van der Waals surface area contributed by atoms with Crippen LogP contribution >= 0.6 is 15.9 Å². The fourth-order valence-corrected chi connectivity index (χ4v) is 2.43. The number of hydrogen-bond donors (Lipinski definition) is 3. The lowest BCUT2D eigenvalue weighted by Crippen LogP contribution is -2.05. The maximum absolute atomic E-state index is 12.0. The monoisotopic (exact) mass is 345 g/mol. The second kappa shape index (κ2) is 5.67. The van der Waals surface area contributed by atoms with Crippen molar-refractivity contribution in [2.45, 2.75) is 6.61 Å². The number of pyridine rings is 1. The third kappa shape index (κ3) is 2.81. The highest BCUT2D eigenvalue weighted by atomic mass is 79.9. The number of aliphatic hydroxyl groups excluding tert-OH is 1. The fraction of sp³-hybridized carbons (Fsp3) is 0.0667. The minimum atomic E-state index is -0.193. The molecule has 0 atom stereocenters. The van der Waals surface area contributed by atoms with E-state index < -0.39 is 0 Å². The Balaban J connectivity index is 1.90. The first-order chi connectivity index (χ1) is 10.2. The van der Waals surface area contributed by atoms with E-state index in [0.717, 1.165) is 21.3 Å². The topological polar surface area (TPSA) is 74.2 Å². The molecule has 0 bridgehead atoms. The standard InChI is InChI=1S/C15H12BrN3O2/c16-10-5-12-13(15(21)19-14(12)18-6-10)7-17-11-3-1-2-9(4-11)8-20/h1-7,17,20H,8H2,(H,18,19,21)/b13-7-. The lowest BCUT2D eigenvalue weighted by atomic mass is 10.1. The average molecular weight is 346 g/mol. The number of nitrogens with one attached hydrogen (secondary N) is 2. The summed E-state index contributed by atoms with van der Waals surface area (Å²) in [5.41, 5.74) is 2.88. The first-order valence-corrected chi connectivity index (χ1v) is 7.10. The number of nitrogens with zero attached hydrogens (tertiary/aromatic N) is 1. The van der Waals surface area contributed by atoms with Gasteiger partial charge in [-0.2, -0.15) is 0 Å². The summed E-state index contributed by atoms with van der Waals surface area (Å²) >= 11 is 3.35. The van der Waals surface area contributed by atoms with Crippen molar-refractivity contribution >= 4 is 38.9 Å². The Bertz CT molecular complexity index is 743. The largest absolute Gasteiger partial charge is 0.392 e. The molecule has 3 N–H and O–H groups in total. The Labute approximate surface area is 129 Å². The first-order valence-electron chi connectivity index (χ1n) is 6.31. The molecular weight excluding hydrogens is 334 g/mol. The average Bonchev–Trinajstić information content (AvgIpc) is 2.80. The van der Waals surface area contributed by atoms with Crippen molar-refractivity contribution in [2.24, 2.45) is 0 Å². The molecule has 1 aromatic carbocycles. The van der Waals surface area contributed by atoms with Gasteiger partial charge in [0.15, 0.2) is 0 Å². The summed E-state index contributed by atoms with van der Waals surface area (Å²) in [7, 11) is 0. The van der Waals surface area contributed by atoms with E-state index in [2.05, 4.69) is 31.5 Å². The van der Waals surface area contributed by atoms with Crippen LogP contribution in [0.1, 0.15) is 11.1 Å². The highest BCUT2D eigenvalue weighted by Crippen LogP contribution is 2.31. The molecule has 2 heterocycles. The van der Waals surface area contributed by atoms with Gasteiger partial charge < -0.3 is 15.7 Å². The fourth-order valence-electron chi connectivity index (χ4n) is 2.10. The van der Waals surface area contributed by atoms with Crippen molar-refractivity contribution in [1.82, 2.24) is 4.98 Å². The molecule has 0 unspecified atom stereocenters. The van der Waals surface area contributed by atoms with E-state index >= 15 is 0 Å². The van der Waals surface area contributed by atoms with Gasteiger partial charge in [-0.3, -0.25) is 4.79 Å². The molecule has 0 spiro atoms. The van der Waals surface area contributed by atoms with Gasteiger partial charge in [-0.15, -0.1) is 0 Å². The summed E-state index contributed by atoms with van der Waals surface area (Å²) in [6.45, 7) is -0.0215. The van der Waals surface area contributed by atoms with Crippen molar-refractivity contribution in [3.8, 4) is 0 Å². The number of rotatable bonds is 3. The molecule has 1 aromatic heterocycles. The lowest BCUT2D eigenvalue weighted by molar-refractivity contribution is -0.110. The van der Waals surface area contributed by atoms with Crippen LogP contribution in [0.15, 0.2) is 47.2 Å². The number of aliphatic hydroxyl groups is 1. The minimum absolute atomic E-state index is 0.0215. The molecule has 0 radical (unpaired) electrons. The molecule has 21 heavy (non-hydrogen) atoms. The second-order valence-corrected chi connectivity index (χ2v) is 5.48. The van der Waals surface area contributed by atoms with E-state index in [1.54, 1.807) is 12.4 Å². The second-order valence-electron chi connectivity index (χ2n) is 4.56. The summed E-state index contributed by atoms with van der Waals surface area (Å²) in [5.74, 6) is 0.363. The van der Waals surface area contributed by atoms with Crippen molar-refractivity contribution in [2.75, 3.05) is 10.6 Å². The van der Waals surface area contributed by atoms with E-state index in [9.17, 15) is 4.79 Å². The minimum Gasteiger partial charge on any atom is -0.392 e. The Morgan fingerprint density at radius 2 is 2.24 bits per heavy atom. The molecule has 3 rings (SSSR count). The van der Waals surface area contributed by atoms with Gasteiger partial charge in [0.05, 0.1) is 12.2 Å². The Morgan fingerprint density at radius 1 is 1.38 bits per heavy atom. The van der Waals surface area contributed by atoms with Gasteiger partial charge in [-0.1, -0.05) is 12.1 Å². The van der Waals surface area contributed by atoms with E-state index in [4.69, 9.17) is 5.11 Å². The van der Waals surface area contributed by atoms with Crippen molar-refractivity contribution in [3.05, 3.63) is 58.3 Å². The molecule has 1 amide bonds. The van der Waals surface area contributed by atoms with Crippen LogP contribution in [0.5, 0.6) is 0 Å². The van der Waals surface area contributed by atoms with Gasteiger partial charge in [0.1, 0.15) is 5.82 Å². The SMILES string of the molecule is O=C1Nc2ncc(Br)cc2/C1=C/Nc1cccc(CO)c1. The van der Waals surface area contributed by atoms with Gasteiger partial charge in [0, 0.05) is 28.1 Å². The summed E-state index contributed by atoms with van der Waals surface area (Å²) in [6.07, 6.45) is 3.28. The summed E-state index contributed by atoms with van der Waals surface area (Å²) in [6, 6.07) is 9.20. The van der Waals surface area contributed by atoms with Crippen LogP contribution in [-0.4, -0.2) is 16.0 Å². The van der Waals surface area contributed by atoms with Crippen molar-refractivity contribution in [1.29, 1.82) is 0 Å². The highest BCUT2D eigenvalue weighted by molar-refractivity contribution is 9.10. The molecule has 2 aromatic rings. The predicted octanol–water partition coefficient (Wildman–Crippen LogP) is 2.74. The normalized spacial score (nSPS) is 15.0. The van der Waals surface area contributed by atoms with Gasteiger partial charge >= 0.3 is 0 Å². The van der Waals surface area contributed by atoms with Gasteiger partial charge in [0.2, 0.25) is 0 Å². The van der Waals surface area contributed by atoms with Crippen LogP contribution in [0.25, 0.3) is 5.57 Å². The molecule has 0 aliphatic carbocycles. The number of hydrogen-bond acceptors (Lipinski definition) is 4. The number of carbonyl (C=O) groups is 1. The maximum atomic E-state index is 12.0. The summed E-state index contributed by atoms with van der Waals surface area (Å²) in [5, 5.41) is 14.9. The Morgan fingerprint density at radius 3 is 3.05 bits per heavy atom. The van der Waals surface area contributed by atoms with Crippen LogP contribution in [0.2, 0.25) is 0 Å². The lowest BCUT2D eigenvalue weighted by Gasteiger charge is -2.04. The number of carbonyl (C=O) groups excluding carboxylic acids is 1. The molecule has 0 saturated carbocycles. The van der Waals surface area contributed by atoms with E-state index in [1.807, 2.05) is 30.3 Å². The van der Waals surface area contributed by atoms with Crippen LogP contribution in [0, 0.1) is 0 Å². The number of amides is 1. The third-order valence-corrected chi connectivity index (χ3v) is 3.55. The molecule has 0 saturated heterocycles. The number of anilines is 2. The number of halogens is 1. The third-order valence-electron chi connectivity index (χ3n) is 3.11. The Hall–Kier alpha value is -2.18. The van der Waals surface area contributed by atoms with Gasteiger partial charge in [-0.05, 0) is 39.7 Å². The summed E-state index contributed by atoms with van der Waals surface area (Å²) in [4.78, 5) is 16.1. The number of fused-ring (bicyclic) bond motifs is 1. The van der Waals surface area contributed by atoms with Crippen LogP contribution < -0.4 is 10.6 Å². The van der Waals surface area contributed by atoms with Crippen LogP contribution in [-0.2, 0) is 11.4 Å². The van der Waals surface area contributed by atoms with Crippen molar-refractivity contribution < 1.29 is 9.90 Å². The molecule has 0 fully saturated rings. The molecule has 1 aliphatic heterocycles. The Kier molecular flexibility index (Phi) is 3.72. The molecule has 6 heteroatoms. The van der Waals surface area contributed by atoms with Gasteiger partial charge in [0.25, 0.3) is 5.91 Å². The zero-order valence-corrected chi connectivity index (χ0v) is 12.5. The van der Waals surface area contributed by atoms with Crippen LogP contribution in [0.4, 0.5) is 11.5 Å². The highest BCUT2D eigenvalue weighted by Gasteiger charge is 2.25. The molecule has 106 valence electrons.